The van der Waals surface area contributed by atoms with Crippen LogP contribution in [-0.4, -0.2) is 41.6 Å². The van der Waals surface area contributed by atoms with Crippen molar-refractivity contribution in [1.82, 2.24) is 9.55 Å². The maximum atomic E-state index is 12.4. The van der Waals surface area contributed by atoms with Gasteiger partial charge in [-0.15, -0.1) is 0 Å². The molecule has 0 unspecified atom stereocenters. The lowest BCUT2D eigenvalue weighted by Crippen LogP contribution is -2.28. The largest absolute Gasteiger partial charge is 0.465 e. The zero-order valence-corrected chi connectivity index (χ0v) is 15.9. The normalized spacial score (nSPS) is 10.2. The highest BCUT2D eigenvalue weighted by Gasteiger charge is 2.17. The molecule has 2 aromatic rings. The van der Waals surface area contributed by atoms with E-state index in [-0.39, 0.29) is 28.9 Å². The molecular formula is C19H21N3O6. The molecule has 1 aromatic heterocycles. The van der Waals surface area contributed by atoms with E-state index < -0.39 is 17.8 Å². The first kappa shape index (κ1) is 20.8. The number of nitrogens with zero attached hydrogens (tertiary/aromatic N) is 2. The number of esters is 2. The highest BCUT2D eigenvalue weighted by Crippen LogP contribution is 2.20. The summed E-state index contributed by atoms with van der Waals surface area (Å²) in [5.74, 6) is -1.88. The second-order valence-corrected chi connectivity index (χ2v) is 5.89. The van der Waals surface area contributed by atoms with E-state index >= 15 is 0 Å². The molecular weight excluding hydrogens is 366 g/mol. The third kappa shape index (κ3) is 5.03. The summed E-state index contributed by atoms with van der Waals surface area (Å²) in [5, 5.41) is 2.53. The van der Waals surface area contributed by atoms with Gasteiger partial charge in [-0.3, -0.25) is 14.2 Å². The number of aromatic nitrogens is 2. The van der Waals surface area contributed by atoms with Crippen LogP contribution in [0.5, 0.6) is 0 Å². The van der Waals surface area contributed by atoms with Crippen LogP contribution in [0.4, 0.5) is 5.69 Å². The number of hydrogen-bond donors (Lipinski definition) is 1. The zero-order valence-electron chi connectivity index (χ0n) is 15.9. The molecule has 0 saturated heterocycles. The number of carbonyl (C=O) groups excluding carboxylic acids is 3. The average molecular weight is 387 g/mol. The van der Waals surface area contributed by atoms with Gasteiger partial charge in [0.2, 0.25) is 5.91 Å². The molecule has 0 aliphatic carbocycles. The maximum Gasteiger partial charge on any atom is 0.339 e. The first-order chi connectivity index (χ1) is 13.4. The second-order valence-electron chi connectivity index (χ2n) is 5.89. The van der Waals surface area contributed by atoms with Crippen LogP contribution in [0, 0.1) is 0 Å². The number of rotatable bonds is 7. The fourth-order valence-corrected chi connectivity index (χ4v) is 2.50. The monoisotopic (exact) mass is 387 g/mol. The molecule has 0 radical (unpaired) electrons. The number of carbonyl (C=O) groups is 3. The Morgan fingerprint density at radius 1 is 1.11 bits per heavy atom. The van der Waals surface area contributed by atoms with E-state index in [4.69, 9.17) is 0 Å². The molecule has 28 heavy (non-hydrogen) atoms. The number of ether oxygens (including phenoxy) is 2. The molecule has 0 atom stereocenters. The van der Waals surface area contributed by atoms with E-state index in [0.717, 1.165) is 11.0 Å². The Labute approximate surface area is 161 Å². The van der Waals surface area contributed by atoms with Crippen molar-refractivity contribution in [3.63, 3.8) is 0 Å². The summed E-state index contributed by atoms with van der Waals surface area (Å²) >= 11 is 0. The topological polar surface area (TPSA) is 117 Å². The lowest BCUT2D eigenvalue weighted by molar-refractivity contribution is -0.116. The molecule has 9 nitrogen and oxygen atoms in total. The number of benzene rings is 1. The minimum Gasteiger partial charge on any atom is -0.465 e. The van der Waals surface area contributed by atoms with Gasteiger partial charge in [0, 0.05) is 11.8 Å². The number of anilines is 1. The SMILES string of the molecule is CCCc1cc(=O)n(CC(=O)Nc2cc(C(=O)OC)ccc2C(=O)OC)cn1. The smallest absolute Gasteiger partial charge is 0.339 e. The van der Waals surface area contributed by atoms with Crippen molar-refractivity contribution in [3.8, 4) is 0 Å². The number of methoxy groups -OCH3 is 2. The number of hydrogen-bond acceptors (Lipinski definition) is 7. The van der Waals surface area contributed by atoms with E-state index in [1.165, 1.54) is 44.8 Å². The Morgan fingerprint density at radius 2 is 1.82 bits per heavy atom. The minimum atomic E-state index is -0.686. The predicted molar refractivity (Wildman–Crippen MR) is 100 cm³/mol. The van der Waals surface area contributed by atoms with Gasteiger partial charge in [-0.05, 0) is 24.6 Å². The van der Waals surface area contributed by atoms with E-state index in [2.05, 4.69) is 19.8 Å². The van der Waals surface area contributed by atoms with Gasteiger partial charge in [0.05, 0.1) is 37.4 Å². The quantitative estimate of drug-likeness (QED) is 0.714. The molecule has 0 bridgehead atoms. The molecule has 0 aliphatic heterocycles. The van der Waals surface area contributed by atoms with Crippen LogP contribution in [0.2, 0.25) is 0 Å². The van der Waals surface area contributed by atoms with Crippen molar-refractivity contribution >= 4 is 23.5 Å². The fourth-order valence-electron chi connectivity index (χ4n) is 2.50. The van der Waals surface area contributed by atoms with Crippen LogP contribution >= 0.6 is 0 Å². The summed E-state index contributed by atoms with van der Waals surface area (Å²) in [6, 6.07) is 5.42. The molecule has 0 aliphatic rings. The fraction of sp³-hybridized carbons (Fsp3) is 0.316. The molecule has 2 rings (SSSR count). The molecule has 0 spiro atoms. The highest BCUT2D eigenvalue weighted by atomic mass is 16.5. The van der Waals surface area contributed by atoms with Crippen LogP contribution in [0.25, 0.3) is 0 Å². The standard InChI is InChI=1S/C19H21N3O6/c1-4-5-13-9-17(24)22(11-20-13)10-16(23)21-15-8-12(18(25)27-2)6-7-14(15)19(26)28-3/h6-9,11H,4-5,10H2,1-3H3,(H,21,23). The predicted octanol–water partition coefficient (Wildman–Crippen LogP) is 1.41. The van der Waals surface area contributed by atoms with E-state index in [1.807, 2.05) is 6.92 Å². The lowest BCUT2D eigenvalue weighted by Gasteiger charge is -2.12. The van der Waals surface area contributed by atoms with Crippen molar-refractivity contribution in [1.29, 1.82) is 0 Å². The van der Waals surface area contributed by atoms with Gasteiger partial charge in [0.25, 0.3) is 5.56 Å². The third-order valence-corrected chi connectivity index (χ3v) is 3.88. The molecule has 1 N–H and O–H groups in total. The van der Waals surface area contributed by atoms with Crippen LogP contribution in [0.15, 0.2) is 35.4 Å². The van der Waals surface area contributed by atoms with Crippen molar-refractivity contribution in [3.05, 3.63) is 57.8 Å². The molecule has 1 aromatic carbocycles. The van der Waals surface area contributed by atoms with E-state index in [9.17, 15) is 19.2 Å². The van der Waals surface area contributed by atoms with Crippen molar-refractivity contribution < 1.29 is 23.9 Å². The Balaban J connectivity index is 2.25. The summed E-state index contributed by atoms with van der Waals surface area (Å²) in [6.45, 7) is 1.67. The molecule has 0 saturated carbocycles. The highest BCUT2D eigenvalue weighted by molar-refractivity contribution is 6.03. The van der Waals surface area contributed by atoms with Gasteiger partial charge in [-0.25, -0.2) is 14.6 Å². The van der Waals surface area contributed by atoms with Gasteiger partial charge in [0.1, 0.15) is 6.54 Å². The molecule has 1 heterocycles. The Kier molecular flexibility index (Phi) is 7.02. The Bertz CT molecular complexity index is 951. The third-order valence-electron chi connectivity index (χ3n) is 3.88. The van der Waals surface area contributed by atoms with E-state index in [1.54, 1.807) is 0 Å². The molecule has 0 fully saturated rings. The maximum absolute atomic E-state index is 12.4. The van der Waals surface area contributed by atoms with Crippen LogP contribution in [0.3, 0.4) is 0 Å². The van der Waals surface area contributed by atoms with Crippen LogP contribution in [0.1, 0.15) is 39.8 Å². The van der Waals surface area contributed by atoms with Gasteiger partial charge in [-0.1, -0.05) is 13.3 Å². The first-order valence-corrected chi connectivity index (χ1v) is 8.55. The minimum absolute atomic E-state index is 0.0623. The summed E-state index contributed by atoms with van der Waals surface area (Å²) < 4.78 is 10.5. The van der Waals surface area contributed by atoms with Gasteiger partial charge in [-0.2, -0.15) is 0 Å². The molecule has 9 heteroatoms. The van der Waals surface area contributed by atoms with Crippen LogP contribution in [-0.2, 0) is 27.2 Å². The van der Waals surface area contributed by atoms with Crippen molar-refractivity contribution in [2.45, 2.75) is 26.3 Å². The van der Waals surface area contributed by atoms with Gasteiger partial charge in [0.15, 0.2) is 0 Å². The summed E-state index contributed by atoms with van der Waals surface area (Å²) in [4.78, 5) is 52.3. The van der Waals surface area contributed by atoms with Gasteiger partial charge < -0.3 is 14.8 Å². The van der Waals surface area contributed by atoms with Crippen LogP contribution < -0.4 is 10.9 Å². The summed E-state index contributed by atoms with van der Waals surface area (Å²) in [6.07, 6.45) is 2.83. The number of nitrogens with one attached hydrogen (secondary N) is 1. The summed E-state index contributed by atoms with van der Waals surface area (Å²) in [5.41, 5.74) is 0.580. The number of aryl methyl sites for hydroxylation is 1. The Hall–Kier alpha value is -3.49. The van der Waals surface area contributed by atoms with Crippen molar-refractivity contribution in [2.24, 2.45) is 0 Å². The molecule has 1 amide bonds. The average Bonchev–Trinajstić information content (AvgIpc) is 2.69. The zero-order chi connectivity index (χ0) is 20.7. The second kappa shape index (κ2) is 9.45. The lowest BCUT2D eigenvalue weighted by atomic mass is 10.1. The van der Waals surface area contributed by atoms with E-state index in [0.29, 0.717) is 12.1 Å². The Morgan fingerprint density at radius 3 is 2.43 bits per heavy atom. The first-order valence-electron chi connectivity index (χ1n) is 8.55. The van der Waals surface area contributed by atoms with Gasteiger partial charge >= 0.3 is 11.9 Å². The molecule has 148 valence electrons. The van der Waals surface area contributed by atoms with Crippen molar-refractivity contribution in [2.75, 3.05) is 19.5 Å². The number of amides is 1. The summed E-state index contributed by atoms with van der Waals surface area (Å²) in [7, 11) is 2.42.